The highest BCUT2D eigenvalue weighted by Crippen LogP contribution is 2.21. The molecule has 0 spiro atoms. The SMILES string of the molecule is CN1C(C(F)(F)F)=NNC1C=O. The highest BCUT2D eigenvalue weighted by molar-refractivity contribution is 5.90. The summed E-state index contributed by atoms with van der Waals surface area (Å²) in [5.41, 5.74) is 2.04. The van der Waals surface area contributed by atoms with Crippen molar-refractivity contribution >= 4 is 12.1 Å². The quantitative estimate of drug-likeness (QED) is 0.575. The van der Waals surface area contributed by atoms with Gasteiger partial charge in [0.25, 0.3) is 0 Å². The maximum Gasteiger partial charge on any atom is 0.451 e. The van der Waals surface area contributed by atoms with E-state index in [0.717, 1.165) is 11.9 Å². The second kappa shape index (κ2) is 2.65. The Morgan fingerprint density at radius 3 is 2.50 bits per heavy atom. The lowest BCUT2D eigenvalue weighted by Crippen LogP contribution is -2.43. The summed E-state index contributed by atoms with van der Waals surface area (Å²) in [4.78, 5) is 10.9. The number of halogens is 3. The van der Waals surface area contributed by atoms with Crippen LogP contribution in [0.1, 0.15) is 0 Å². The van der Waals surface area contributed by atoms with Crippen molar-refractivity contribution in [1.82, 2.24) is 10.3 Å². The van der Waals surface area contributed by atoms with Crippen molar-refractivity contribution in [3.8, 4) is 0 Å². The van der Waals surface area contributed by atoms with Gasteiger partial charge in [0.05, 0.1) is 0 Å². The average Bonchev–Trinajstić information content (AvgIpc) is 2.29. The minimum absolute atomic E-state index is 0.349. The number of rotatable bonds is 1. The van der Waals surface area contributed by atoms with Gasteiger partial charge in [-0.1, -0.05) is 0 Å². The highest BCUT2D eigenvalue weighted by atomic mass is 19.4. The highest BCUT2D eigenvalue weighted by Gasteiger charge is 2.43. The summed E-state index contributed by atoms with van der Waals surface area (Å²) in [6.07, 6.45) is -5.18. The summed E-state index contributed by atoms with van der Waals surface area (Å²) in [5.74, 6) is -1.08. The Hall–Kier alpha value is -1.27. The van der Waals surface area contributed by atoms with Crippen molar-refractivity contribution < 1.29 is 18.0 Å². The minimum atomic E-state index is -4.51. The van der Waals surface area contributed by atoms with Crippen molar-refractivity contribution in [2.24, 2.45) is 5.10 Å². The number of carbonyl (C=O) groups is 1. The van der Waals surface area contributed by atoms with Crippen LogP contribution in [0.5, 0.6) is 0 Å². The van der Waals surface area contributed by atoms with Crippen LogP contribution in [0.25, 0.3) is 0 Å². The van der Waals surface area contributed by atoms with Crippen molar-refractivity contribution in [3.63, 3.8) is 0 Å². The van der Waals surface area contributed by atoms with E-state index in [9.17, 15) is 18.0 Å². The van der Waals surface area contributed by atoms with Gasteiger partial charge in [-0.25, -0.2) is 0 Å². The second-order valence-corrected chi connectivity index (χ2v) is 2.25. The van der Waals surface area contributed by atoms with Gasteiger partial charge in [-0.2, -0.15) is 18.3 Å². The third-order valence-electron chi connectivity index (χ3n) is 1.44. The Kier molecular flexibility index (Phi) is 1.95. The first-order valence-corrected chi connectivity index (χ1v) is 3.05. The molecule has 1 N–H and O–H groups in total. The van der Waals surface area contributed by atoms with Crippen LogP contribution >= 0.6 is 0 Å². The topological polar surface area (TPSA) is 44.7 Å². The largest absolute Gasteiger partial charge is 0.451 e. The lowest BCUT2D eigenvalue weighted by Gasteiger charge is -2.18. The molecule has 68 valence electrons. The third-order valence-corrected chi connectivity index (χ3v) is 1.44. The first-order chi connectivity index (χ1) is 5.46. The molecule has 12 heavy (non-hydrogen) atoms. The van der Waals surface area contributed by atoms with Gasteiger partial charge in [-0.15, -0.1) is 0 Å². The first-order valence-electron chi connectivity index (χ1n) is 3.05. The fourth-order valence-electron chi connectivity index (χ4n) is 0.810. The van der Waals surface area contributed by atoms with Gasteiger partial charge in [-0.3, -0.25) is 10.2 Å². The summed E-state index contributed by atoms with van der Waals surface area (Å²) in [6.45, 7) is 0. The molecular weight excluding hydrogens is 175 g/mol. The van der Waals surface area contributed by atoms with Crippen molar-refractivity contribution in [2.45, 2.75) is 12.3 Å². The molecule has 4 nitrogen and oxygen atoms in total. The average molecular weight is 181 g/mol. The Bertz CT molecular complexity index is 224. The molecule has 0 saturated heterocycles. The van der Waals surface area contributed by atoms with E-state index in [4.69, 9.17) is 0 Å². The molecule has 0 bridgehead atoms. The van der Waals surface area contributed by atoms with Gasteiger partial charge in [0.2, 0.25) is 5.84 Å². The van der Waals surface area contributed by atoms with Crippen LogP contribution in [0, 0.1) is 0 Å². The summed E-state index contributed by atoms with van der Waals surface area (Å²) in [7, 11) is 1.14. The first kappa shape index (κ1) is 8.82. The molecule has 0 aromatic rings. The van der Waals surface area contributed by atoms with E-state index >= 15 is 0 Å². The fourth-order valence-corrected chi connectivity index (χ4v) is 0.810. The Morgan fingerprint density at radius 1 is 1.67 bits per heavy atom. The molecule has 0 fully saturated rings. The predicted molar refractivity (Wildman–Crippen MR) is 34.2 cm³/mol. The number of alkyl halides is 3. The summed E-state index contributed by atoms with van der Waals surface area (Å²) < 4.78 is 36.0. The third kappa shape index (κ3) is 1.34. The van der Waals surface area contributed by atoms with E-state index < -0.39 is 18.2 Å². The molecule has 0 aliphatic carbocycles. The Labute approximate surface area is 66.0 Å². The standard InChI is InChI=1S/C5H6F3N3O/c1-11-3(2-12)9-10-4(11)5(6,7)8/h2-3,9H,1H3. The number of hydrazone groups is 1. The predicted octanol–water partition coefficient (Wildman–Crippen LogP) is -0.0778. The van der Waals surface area contributed by atoms with Gasteiger partial charge < -0.3 is 4.90 Å². The van der Waals surface area contributed by atoms with Crippen LogP contribution in [0.2, 0.25) is 0 Å². The number of hydrogen-bond donors (Lipinski definition) is 1. The van der Waals surface area contributed by atoms with Crippen LogP contribution in [-0.4, -0.2) is 36.4 Å². The summed E-state index contributed by atoms with van der Waals surface area (Å²) in [6, 6.07) is 0. The van der Waals surface area contributed by atoms with Gasteiger partial charge in [0.1, 0.15) is 0 Å². The van der Waals surface area contributed by atoms with Crippen LogP contribution in [0.3, 0.4) is 0 Å². The number of likely N-dealkylation sites (N-methyl/N-ethyl adjacent to an activating group) is 1. The number of amidine groups is 1. The van der Waals surface area contributed by atoms with Gasteiger partial charge in [0.15, 0.2) is 12.5 Å². The van der Waals surface area contributed by atoms with Crippen molar-refractivity contribution in [3.05, 3.63) is 0 Å². The summed E-state index contributed by atoms with van der Waals surface area (Å²) in [5, 5.41) is 2.98. The van der Waals surface area contributed by atoms with E-state index in [0.29, 0.717) is 6.29 Å². The Balaban J connectivity index is 2.78. The molecule has 0 aromatic heterocycles. The number of hydrogen-bond acceptors (Lipinski definition) is 4. The van der Waals surface area contributed by atoms with E-state index in [2.05, 4.69) is 5.10 Å². The number of carbonyl (C=O) groups excluding carboxylic acids is 1. The molecule has 0 radical (unpaired) electrons. The lowest BCUT2D eigenvalue weighted by molar-refractivity contribution is -0.111. The molecule has 1 aliphatic heterocycles. The van der Waals surface area contributed by atoms with Crippen LogP contribution in [-0.2, 0) is 4.79 Å². The fraction of sp³-hybridized carbons (Fsp3) is 0.600. The summed E-state index contributed by atoms with van der Waals surface area (Å²) >= 11 is 0. The molecule has 1 rings (SSSR count). The molecule has 1 heterocycles. The van der Waals surface area contributed by atoms with Crippen molar-refractivity contribution in [1.29, 1.82) is 0 Å². The lowest BCUT2D eigenvalue weighted by atomic mass is 10.4. The van der Waals surface area contributed by atoms with Crippen molar-refractivity contribution in [2.75, 3.05) is 7.05 Å². The zero-order valence-corrected chi connectivity index (χ0v) is 6.09. The number of aldehydes is 1. The molecule has 1 unspecified atom stereocenters. The van der Waals surface area contributed by atoms with Crippen LogP contribution in [0.15, 0.2) is 5.10 Å². The maximum absolute atomic E-state index is 12.0. The van der Waals surface area contributed by atoms with Crippen LogP contribution < -0.4 is 5.43 Å². The molecule has 0 saturated carbocycles. The second-order valence-electron chi connectivity index (χ2n) is 2.25. The molecule has 1 aliphatic rings. The maximum atomic E-state index is 12.0. The Morgan fingerprint density at radius 2 is 2.25 bits per heavy atom. The molecular formula is C5H6F3N3O. The minimum Gasteiger partial charge on any atom is -0.327 e. The molecule has 0 aromatic carbocycles. The van der Waals surface area contributed by atoms with E-state index in [1.807, 2.05) is 5.43 Å². The zero-order valence-electron chi connectivity index (χ0n) is 6.09. The normalized spacial score (nSPS) is 23.5. The zero-order chi connectivity index (χ0) is 9.35. The molecule has 7 heteroatoms. The number of nitrogens with one attached hydrogen (secondary N) is 1. The van der Waals surface area contributed by atoms with Crippen LogP contribution in [0.4, 0.5) is 13.2 Å². The van der Waals surface area contributed by atoms with Gasteiger partial charge in [-0.05, 0) is 0 Å². The van der Waals surface area contributed by atoms with E-state index in [-0.39, 0.29) is 0 Å². The van der Waals surface area contributed by atoms with E-state index in [1.54, 1.807) is 0 Å². The van der Waals surface area contributed by atoms with E-state index in [1.165, 1.54) is 0 Å². The van der Waals surface area contributed by atoms with Gasteiger partial charge >= 0.3 is 6.18 Å². The molecule has 0 amide bonds. The smallest absolute Gasteiger partial charge is 0.327 e. The van der Waals surface area contributed by atoms with Gasteiger partial charge in [0, 0.05) is 7.05 Å². The number of nitrogens with zero attached hydrogens (tertiary/aromatic N) is 2. The molecule has 1 atom stereocenters. The monoisotopic (exact) mass is 181 g/mol.